The summed E-state index contributed by atoms with van der Waals surface area (Å²) in [6, 6.07) is 2.65. The molecular weight excluding hydrogens is 383 g/mol. The van der Waals surface area contributed by atoms with Crippen LogP contribution in [0.1, 0.15) is 51.0 Å². The SMILES string of the molecule is CC1CCCCC1=NNC(=O)CCC(=O)Nc1cc(C(F)(F)F)ccc1Cl. The maximum Gasteiger partial charge on any atom is 0.416 e. The second-order valence-corrected chi connectivity index (χ2v) is 6.93. The summed E-state index contributed by atoms with van der Waals surface area (Å²) < 4.78 is 38.2. The first-order chi connectivity index (χ1) is 12.7. The maximum atomic E-state index is 12.7. The second kappa shape index (κ2) is 9.21. The van der Waals surface area contributed by atoms with Crippen LogP contribution in [0.15, 0.2) is 23.3 Å². The number of halogens is 4. The zero-order valence-electron chi connectivity index (χ0n) is 14.8. The lowest BCUT2D eigenvalue weighted by atomic mass is 9.89. The Bertz CT molecular complexity index is 735. The third kappa shape index (κ3) is 6.53. The highest BCUT2D eigenvalue weighted by molar-refractivity contribution is 6.33. The molecule has 0 aliphatic heterocycles. The highest BCUT2D eigenvalue weighted by Gasteiger charge is 2.31. The summed E-state index contributed by atoms with van der Waals surface area (Å²) in [5.74, 6) is -0.707. The molecule has 0 aromatic heterocycles. The second-order valence-electron chi connectivity index (χ2n) is 6.53. The van der Waals surface area contributed by atoms with Gasteiger partial charge >= 0.3 is 6.18 Å². The number of carbonyl (C=O) groups excluding carboxylic acids is 2. The van der Waals surface area contributed by atoms with E-state index in [4.69, 9.17) is 11.6 Å². The van der Waals surface area contributed by atoms with Gasteiger partial charge in [0.25, 0.3) is 0 Å². The predicted octanol–water partition coefficient (Wildman–Crippen LogP) is 4.76. The van der Waals surface area contributed by atoms with Gasteiger partial charge in [-0.1, -0.05) is 24.9 Å². The largest absolute Gasteiger partial charge is 0.416 e. The van der Waals surface area contributed by atoms with Gasteiger partial charge in [-0.05, 0) is 43.4 Å². The summed E-state index contributed by atoms with van der Waals surface area (Å²) in [5.41, 5.74) is 2.31. The highest BCUT2D eigenvalue weighted by atomic mass is 35.5. The number of carbonyl (C=O) groups is 2. The average Bonchev–Trinajstić information content (AvgIpc) is 2.60. The highest BCUT2D eigenvalue weighted by Crippen LogP contribution is 2.33. The van der Waals surface area contributed by atoms with E-state index in [2.05, 4.69) is 22.8 Å². The van der Waals surface area contributed by atoms with E-state index in [1.54, 1.807) is 0 Å². The Labute approximate surface area is 160 Å². The first-order valence-corrected chi connectivity index (χ1v) is 9.06. The molecule has 0 spiro atoms. The number of amides is 2. The van der Waals surface area contributed by atoms with Crippen molar-refractivity contribution in [3.63, 3.8) is 0 Å². The van der Waals surface area contributed by atoms with E-state index in [1.165, 1.54) is 0 Å². The van der Waals surface area contributed by atoms with Gasteiger partial charge in [0.15, 0.2) is 0 Å². The van der Waals surface area contributed by atoms with Crippen LogP contribution in [0.3, 0.4) is 0 Å². The minimum absolute atomic E-state index is 0.0153. The van der Waals surface area contributed by atoms with Gasteiger partial charge in [-0.25, -0.2) is 5.43 Å². The summed E-state index contributed by atoms with van der Waals surface area (Å²) in [5, 5.41) is 6.41. The quantitative estimate of drug-likeness (QED) is 0.696. The molecule has 1 aliphatic carbocycles. The van der Waals surface area contributed by atoms with Gasteiger partial charge in [-0.3, -0.25) is 9.59 Å². The normalized spacial score (nSPS) is 19.0. The number of alkyl halides is 3. The molecule has 1 unspecified atom stereocenters. The zero-order valence-corrected chi connectivity index (χ0v) is 15.6. The van der Waals surface area contributed by atoms with Gasteiger partial charge < -0.3 is 5.32 Å². The van der Waals surface area contributed by atoms with Crippen LogP contribution >= 0.6 is 11.6 Å². The monoisotopic (exact) mass is 403 g/mol. The molecule has 2 N–H and O–H groups in total. The first kappa shape index (κ1) is 21.2. The Balaban J connectivity index is 1.85. The molecule has 2 amide bonds. The Morgan fingerprint density at radius 3 is 2.59 bits per heavy atom. The molecule has 1 atom stereocenters. The lowest BCUT2D eigenvalue weighted by molar-refractivity contribution is -0.137. The van der Waals surface area contributed by atoms with Crippen molar-refractivity contribution in [3.8, 4) is 0 Å². The van der Waals surface area contributed by atoms with E-state index >= 15 is 0 Å². The van der Waals surface area contributed by atoms with Crippen LogP contribution in [0.4, 0.5) is 18.9 Å². The summed E-state index contributed by atoms with van der Waals surface area (Å²) in [6.45, 7) is 2.05. The van der Waals surface area contributed by atoms with E-state index < -0.39 is 23.6 Å². The van der Waals surface area contributed by atoms with Crippen LogP contribution in [0.2, 0.25) is 5.02 Å². The van der Waals surface area contributed by atoms with Gasteiger partial charge in [-0.15, -0.1) is 0 Å². The van der Waals surface area contributed by atoms with Crippen molar-refractivity contribution < 1.29 is 22.8 Å². The van der Waals surface area contributed by atoms with Crippen molar-refractivity contribution in [1.82, 2.24) is 5.43 Å². The molecule has 0 saturated heterocycles. The van der Waals surface area contributed by atoms with Crippen molar-refractivity contribution in [3.05, 3.63) is 28.8 Å². The Hall–Kier alpha value is -2.09. The molecule has 5 nitrogen and oxygen atoms in total. The summed E-state index contributed by atoms with van der Waals surface area (Å²) in [6.07, 6.45) is -0.803. The van der Waals surface area contributed by atoms with Gasteiger partial charge in [0, 0.05) is 18.6 Å². The van der Waals surface area contributed by atoms with Crippen LogP contribution < -0.4 is 10.7 Å². The minimum atomic E-state index is -4.54. The zero-order chi connectivity index (χ0) is 20.0. The van der Waals surface area contributed by atoms with Crippen molar-refractivity contribution in [2.45, 2.75) is 51.6 Å². The molecule has 0 heterocycles. The standard InChI is InChI=1S/C18H21ClF3N3O2/c1-11-4-2-3-5-14(11)24-25-17(27)9-8-16(26)23-15-10-12(18(20,21)22)6-7-13(15)19/h6-7,10-11H,2-5,8-9H2,1H3,(H,23,26)(H,25,27). The average molecular weight is 404 g/mol. The molecule has 1 saturated carbocycles. The number of hydrogen-bond acceptors (Lipinski definition) is 3. The minimum Gasteiger partial charge on any atom is -0.325 e. The van der Waals surface area contributed by atoms with Crippen molar-refractivity contribution in [2.75, 3.05) is 5.32 Å². The summed E-state index contributed by atoms with van der Waals surface area (Å²) in [4.78, 5) is 23.8. The van der Waals surface area contributed by atoms with Gasteiger partial charge in [-0.2, -0.15) is 18.3 Å². The van der Waals surface area contributed by atoms with Crippen LogP contribution in [-0.4, -0.2) is 17.5 Å². The predicted molar refractivity (Wildman–Crippen MR) is 97.5 cm³/mol. The van der Waals surface area contributed by atoms with E-state index in [9.17, 15) is 22.8 Å². The first-order valence-electron chi connectivity index (χ1n) is 8.68. The molecule has 0 bridgehead atoms. The van der Waals surface area contributed by atoms with Crippen molar-refractivity contribution in [2.24, 2.45) is 11.0 Å². The lowest BCUT2D eigenvalue weighted by Crippen LogP contribution is -2.25. The van der Waals surface area contributed by atoms with Crippen molar-refractivity contribution >= 4 is 34.8 Å². The van der Waals surface area contributed by atoms with Crippen LogP contribution in [-0.2, 0) is 15.8 Å². The van der Waals surface area contributed by atoms with E-state index in [1.807, 2.05) is 0 Å². The van der Waals surface area contributed by atoms with Gasteiger partial charge in [0.1, 0.15) is 0 Å². The molecule has 1 aromatic rings. The van der Waals surface area contributed by atoms with Gasteiger partial charge in [0.05, 0.1) is 16.3 Å². The number of nitrogens with one attached hydrogen (secondary N) is 2. The molecule has 27 heavy (non-hydrogen) atoms. The number of hydrazone groups is 1. The molecule has 1 aliphatic rings. The van der Waals surface area contributed by atoms with E-state index in [0.29, 0.717) is 5.92 Å². The number of rotatable bonds is 5. The summed E-state index contributed by atoms with van der Waals surface area (Å²) in [7, 11) is 0. The molecule has 0 radical (unpaired) electrons. The van der Waals surface area contributed by atoms with Crippen LogP contribution in [0.5, 0.6) is 0 Å². The number of benzene rings is 1. The van der Waals surface area contributed by atoms with Crippen LogP contribution in [0, 0.1) is 5.92 Å². The van der Waals surface area contributed by atoms with Gasteiger partial charge in [0.2, 0.25) is 11.8 Å². The smallest absolute Gasteiger partial charge is 0.325 e. The molecular formula is C18H21ClF3N3O2. The molecule has 1 fully saturated rings. The Morgan fingerprint density at radius 2 is 1.93 bits per heavy atom. The molecule has 9 heteroatoms. The number of hydrogen-bond donors (Lipinski definition) is 2. The van der Waals surface area contributed by atoms with E-state index in [0.717, 1.165) is 49.6 Å². The maximum absolute atomic E-state index is 12.7. The Morgan fingerprint density at radius 1 is 1.22 bits per heavy atom. The van der Waals surface area contributed by atoms with Crippen LogP contribution in [0.25, 0.3) is 0 Å². The molecule has 148 valence electrons. The fourth-order valence-corrected chi connectivity index (χ4v) is 2.93. The number of anilines is 1. The van der Waals surface area contributed by atoms with E-state index in [-0.39, 0.29) is 23.6 Å². The molecule has 2 rings (SSSR count). The third-order valence-corrected chi connectivity index (χ3v) is 4.69. The molecule has 1 aromatic carbocycles. The lowest BCUT2D eigenvalue weighted by Gasteiger charge is -2.19. The third-order valence-electron chi connectivity index (χ3n) is 4.36. The van der Waals surface area contributed by atoms with Crippen molar-refractivity contribution in [1.29, 1.82) is 0 Å². The topological polar surface area (TPSA) is 70.6 Å². The fraction of sp³-hybridized carbons (Fsp3) is 0.500. The number of nitrogens with zero attached hydrogens (tertiary/aromatic N) is 1. The fourth-order valence-electron chi connectivity index (χ4n) is 2.76. The summed E-state index contributed by atoms with van der Waals surface area (Å²) >= 11 is 5.82. The Kier molecular flexibility index (Phi) is 7.24.